The molecule has 0 aliphatic heterocycles. The zero-order chi connectivity index (χ0) is 12.1. The van der Waals surface area contributed by atoms with Gasteiger partial charge in [0, 0.05) is 11.7 Å². The van der Waals surface area contributed by atoms with Crippen molar-refractivity contribution in [2.24, 2.45) is 11.7 Å². The molecule has 3 N–H and O–H groups in total. The van der Waals surface area contributed by atoms with E-state index in [1.165, 1.54) is 36.9 Å². The van der Waals surface area contributed by atoms with Crippen LogP contribution in [0.4, 0.5) is 5.69 Å². The highest BCUT2D eigenvalue weighted by Crippen LogP contribution is 2.26. The van der Waals surface area contributed by atoms with Gasteiger partial charge in [0.15, 0.2) is 0 Å². The molecular weight excluding hydrogens is 208 g/mol. The molecule has 1 aliphatic rings. The summed E-state index contributed by atoms with van der Waals surface area (Å²) in [5, 5.41) is 3.68. The molecule has 2 rings (SSSR count). The van der Waals surface area contributed by atoms with Crippen molar-refractivity contribution in [3.05, 3.63) is 29.8 Å². The van der Waals surface area contributed by atoms with Crippen LogP contribution in [0.15, 0.2) is 24.3 Å². The van der Waals surface area contributed by atoms with Crippen molar-refractivity contribution in [2.75, 3.05) is 11.9 Å². The molecule has 0 aromatic heterocycles. The van der Waals surface area contributed by atoms with Crippen LogP contribution in [-0.2, 0) is 6.42 Å². The van der Waals surface area contributed by atoms with Crippen molar-refractivity contribution >= 4 is 5.69 Å². The number of benzene rings is 1. The van der Waals surface area contributed by atoms with Crippen LogP contribution in [-0.4, -0.2) is 12.6 Å². The molecule has 0 bridgehead atoms. The standard InChI is InChI=1S/C15H24N2/c1-2-12-6-5-8-14(10-12)17-15-9-4-3-7-13(15)11-16/h5-6,8,10,13,15,17H,2-4,7,9,11,16H2,1H3. The van der Waals surface area contributed by atoms with Gasteiger partial charge in [-0.1, -0.05) is 31.9 Å². The van der Waals surface area contributed by atoms with Crippen molar-refractivity contribution in [1.82, 2.24) is 0 Å². The Labute approximate surface area is 105 Å². The third kappa shape index (κ3) is 3.22. The Morgan fingerprint density at radius 3 is 2.88 bits per heavy atom. The lowest BCUT2D eigenvalue weighted by Crippen LogP contribution is -2.36. The van der Waals surface area contributed by atoms with Gasteiger partial charge in [-0.25, -0.2) is 0 Å². The second kappa shape index (κ2) is 6.06. The number of nitrogens with one attached hydrogen (secondary N) is 1. The maximum Gasteiger partial charge on any atom is 0.0345 e. The number of rotatable bonds is 4. The number of anilines is 1. The molecular formula is C15H24N2. The lowest BCUT2D eigenvalue weighted by Gasteiger charge is -2.32. The van der Waals surface area contributed by atoms with Crippen LogP contribution in [0.2, 0.25) is 0 Å². The molecule has 0 saturated heterocycles. The molecule has 94 valence electrons. The lowest BCUT2D eigenvalue weighted by molar-refractivity contribution is 0.332. The van der Waals surface area contributed by atoms with Crippen molar-refractivity contribution < 1.29 is 0 Å². The minimum absolute atomic E-state index is 0.570. The Balaban J connectivity index is 2.02. The number of nitrogens with two attached hydrogens (primary N) is 1. The minimum atomic E-state index is 0.570. The van der Waals surface area contributed by atoms with Gasteiger partial charge in [0.05, 0.1) is 0 Å². The average Bonchev–Trinajstić information content (AvgIpc) is 2.39. The van der Waals surface area contributed by atoms with E-state index in [1.54, 1.807) is 0 Å². The fourth-order valence-electron chi connectivity index (χ4n) is 2.77. The Hall–Kier alpha value is -1.02. The van der Waals surface area contributed by atoms with E-state index < -0.39 is 0 Å². The molecule has 2 nitrogen and oxygen atoms in total. The third-order valence-electron chi connectivity index (χ3n) is 3.90. The van der Waals surface area contributed by atoms with Crippen LogP contribution < -0.4 is 11.1 Å². The summed E-state index contributed by atoms with van der Waals surface area (Å²) in [6, 6.07) is 9.33. The first-order chi connectivity index (χ1) is 8.33. The van der Waals surface area contributed by atoms with Gasteiger partial charge in [0.25, 0.3) is 0 Å². The van der Waals surface area contributed by atoms with Crippen LogP contribution >= 0.6 is 0 Å². The van der Waals surface area contributed by atoms with Gasteiger partial charge in [-0.2, -0.15) is 0 Å². The lowest BCUT2D eigenvalue weighted by atomic mass is 9.84. The van der Waals surface area contributed by atoms with Crippen molar-refractivity contribution in [3.63, 3.8) is 0 Å². The van der Waals surface area contributed by atoms with Crippen LogP contribution in [0.1, 0.15) is 38.2 Å². The predicted octanol–water partition coefficient (Wildman–Crippen LogP) is 3.18. The molecule has 0 amide bonds. The Morgan fingerprint density at radius 1 is 1.29 bits per heavy atom. The molecule has 0 spiro atoms. The second-order valence-corrected chi connectivity index (χ2v) is 5.09. The zero-order valence-corrected chi connectivity index (χ0v) is 10.8. The molecule has 2 heteroatoms. The summed E-state index contributed by atoms with van der Waals surface area (Å²) in [4.78, 5) is 0. The highest BCUT2D eigenvalue weighted by molar-refractivity contribution is 5.46. The highest BCUT2D eigenvalue weighted by atomic mass is 14.9. The molecule has 2 unspecified atom stereocenters. The summed E-state index contributed by atoms with van der Waals surface area (Å²) in [6.07, 6.45) is 6.32. The SMILES string of the molecule is CCc1cccc(NC2CCCCC2CN)c1. The fourth-order valence-corrected chi connectivity index (χ4v) is 2.77. The predicted molar refractivity (Wildman–Crippen MR) is 74.2 cm³/mol. The van der Waals surface area contributed by atoms with E-state index in [-0.39, 0.29) is 0 Å². The van der Waals surface area contributed by atoms with Crippen molar-refractivity contribution in [3.8, 4) is 0 Å². The second-order valence-electron chi connectivity index (χ2n) is 5.09. The maximum absolute atomic E-state index is 5.86. The normalized spacial score (nSPS) is 24.6. The smallest absolute Gasteiger partial charge is 0.0345 e. The summed E-state index contributed by atoms with van der Waals surface area (Å²) in [7, 11) is 0. The van der Waals surface area contributed by atoms with E-state index in [0.717, 1.165) is 13.0 Å². The molecule has 1 aliphatic carbocycles. The van der Waals surface area contributed by atoms with E-state index in [1.807, 2.05) is 0 Å². The first-order valence-electron chi connectivity index (χ1n) is 6.89. The first kappa shape index (κ1) is 12.4. The highest BCUT2D eigenvalue weighted by Gasteiger charge is 2.23. The minimum Gasteiger partial charge on any atom is -0.382 e. The molecule has 2 atom stereocenters. The molecule has 1 aromatic carbocycles. The maximum atomic E-state index is 5.86. The summed E-state index contributed by atoms with van der Waals surface area (Å²) in [5.74, 6) is 0.647. The van der Waals surface area contributed by atoms with Crippen molar-refractivity contribution in [2.45, 2.75) is 45.1 Å². The summed E-state index contributed by atoms with van der Waals surface area (Å²) >= 11 is 0. The van der Waals surface area contributed by atoms with Crippen LogP contribution in [0.5, 0.6) is 0 Å². The quantitative estimate of drug-likeness (QED) is 0.836. The summed E-state index contributed by atoms with van der Waals surface area (Å²) < 4.78 is 0. The van der Waals surface area contributed by atoms with Gasteiger partial charge in [0.1, 0.15) is 0 Å². The Kier molecular flexibility index (Phi) is 4.43. The molecule has 0 radical (unpaired) electrons. The van der Waals surface area contributed by atoms with Gasteiger partial charge in [-0.15, -0.1) is 0 Å². The van der Waals surface area contributed by atoms with Gasteiger partial charge in [-0.3, -0.25) is 0 Å². The largest absolute Gasteiger partial charge is 0.382 e. The monoisotopic (exact) mass is 232 g/mol. The number of hydrogen-bond donors (Lipinski definition) is 2. The van der Waals surface area contributed by atoms with E-state index in [4.69, 9.17) is 5.73 Å². The van der Waals surface area contributed by atoms with E-state index in [9.17, 15) is 0 Å². The summed E-state index contributed by atoms with van der Waals surface area (Å²) in [5.41, 5.74) is 8.52. The van der Waals surface area contributed by atoms with E-state index in [0.29, 0.717) is 12.0 Å². The van der Waals surface area contributed by atoms with E-state index >= 15 is 0 Å². The van der Waals surface area contributed by atoms with Gasteiger partial charge < -0.3 is 11.1 Å². The Bertz CT molecular complexity index is 349. The average molecular weight is 232 g/mol. The Morgan fingerprint density at radius 2 is 2.12 bits per heavy atom. The van der Waals surface area contributed by atoms with Crippen molar-refractivity contribution in [1.29, 1.82) is 0 Å². The van der Waals surface area contributed by atoms with Gasteiger partial charge >= 0.3 is 0 Å². The van der Waals surface area contributed by atoms with Gasteiger partial charge in [-0.05, 0) is 49.4 Å². The van der Waals surface area contributed by atoms with Gasteiger partial charge in [0.2, 0.25) is 0 Å². The van der Waals surface area contributed by atoms with Crippen LogP contribution in [0.25, 0.3) is 0 Å². The third-order valence-corrected chi connectivity index (χ3v) is 3.90. The van der Waals surface area contributed by atoms with E-state index in [2.05, 4.69) is 36.5 Å². The topological polar surface area (TPSA) is 38.0 Å². The van der Waals surface area contributed by atoms with Crippen LogP contribution in [0.3, 0.4) is 0 Å². The summed E-state index contributed by atoms with van der Waals surface area (Å²) in [6.45, 7) is 3.01. The molecule has 1 saturated carbocycles. The fraction of sp³-hybridized carbons (Fsp3) is 0.600. The number of hydrogen-bond acceptors (Lipinski definition) is 2. The zero-order valence-electron chi connectivity index (χ0n) is 10.8. The molecule has 1 fully saturated rings. The molecule has 0 heterocycles. The van der Waals surface area contributed by atoms with Crippen LogP contribution in [0, 0.1) is 5.92 Å². The first-order valence-corrected chi connectivity index (χ1v) is 6.89. The molecule has 1 aromatic rings. The molecule has 17 heavy (non-hydrogen) atoms. The number of aryl methyl sites for hydroxylation is 1.